The standard InChI is InChI=1S/C7H12O.C6H12O/c1-5(2)6(3)7(4)8;1-5(2)6(3)7-4/h1-4H3;1-4H3. The normalized spacial score (nSPS) is 8.27. The summed E-state index contributed by atoms with van der Waals surface area (Å²) in [6.45, 7) is 13.3. The number of ether oxygens (including phenoxy) is 1. The predicted octanol–water partition coefficient (Wildman–Crippen LogP) is 3.88. The molecular weight excluding hydrogens is 188 g/mol. The second kappa shape index (κ2) is 8.27. The molecule has 0 fully saturated rings. The summed E-state index contributed by atoms with van der Waals surface area (Å²) in [5.74, 6) is 1.19. The fraction of sp³-hybridized carbons (Fsp3) is 0.615. The maximum Gasteiger partial charge on any atom is 0.155 e. The minimum absolute atomic E-state index is 0.171. The highest BCUT2D eigenvalue weighted by atomic mass is 16.5. The number of ketones is 1. The van der Waals surface area contributed by atoms with E-state index in [1.165, 1.54) is 5.57 Å². The monoisotopic (exact) mass is 212 g/mol. The lowest BCUT2D eigenvalue weighted by Crippen LogP contribution is -1.92. The van der Waals surface area contributed by atoms with Gasteiger partial charge in [0, 0.05) is 0 Å². The van der Waals surface area contributed by atoms with E-state index < -0.39 is 0 Å². The van der Waals surface area contributed by atoms with Crippen molar-refractivity contribution in [3.8, 4) is 0 Å². The van der Waals surface area contributed by atoms with Gasteiger partial charge in [-0.2, -0.15) is 0 Å². The molecule has 0 spiro atoms. The summed E-state index contributed by atoms with van der Waals surface area (Å²) in [6, 6.07) is 0. The molecule has 0 amide bonds. The Labute approximate surface area is 94.0 Å². The summed E-state index contributed by atoms with van der Waals surface area (Å²) < 4.78 is 4.89. The average molecular weight is 212 g/mol. The Kier molecular flexibility index (Phi) is 9.04. The molecule has 2 nitrogen and oxygen atoms in total. The van der Waals surface area contributed by atoms with E-state index in [4.69, 9.17) is 4.74 Å². The Morgan fingerprint density at radius 2 is 1.20 bits per heavy atom. The van der Waals surface area contributed by atoms with Gasteiger partial charge in [-0.05, 0) is 59.6 Å². The van der Waals surface area contributed by atoms with Crippen LogP contribution in [0.4, 0.5) is 0 Å². The minimum Gasteiger partial charge on any atom is -0.501 e. The number of hydrogen-bond donors (Lipinski definition) is 0. The van der Waals surface area contributed by atoms with Crippen molar-refractivity contribution < 1.29 is 9.53 Å². The number of methoxy groups -OCH3 is 1. The predicted molar refractivity (Wildman–Crippen MR) is 65.8 cm³/mol. The van der Waals surface area contributed by atoms with E-state index in [1.807, 2.05) is 41.5 Å². The van der Waals surface area contributed by atoms with Crippen LogP contribution in [0.25, 0.3) is 0 Å². The Hall–Kier alpha value is -1.05. The van der Waals surface area contributed by atoms with Crippen LogP contribution >= 0.6 is 0 Å². The van der Waals surface area contributed by atoms with Gasteiger partial charge in [0.25, 0.3) is 0 Å². The smallest absolute Gasteiger partial charge is 0.155 e. The van der Waals surface area contributed by atoms with Gasteiger partial charge in [0.15, 0.2) is 5.78 Å². The van der Waals surface area contributed by atoms with E-state index in [2.05, 4.69) is 0 Å². The fourth-order valence-electron chi connectivity index (χ4n) is 0.556. The molecule has 0 unspecified atom stereocenters. The van der Waals surface area contributed by atoms with Crippen molar-refractivity contribution in [1.29, 1.82) is 0 Å². The van der Waals surface area contributed by atoms with Crippen LogP contribution in [0, 0.1) is 0 Å². The highest BCUT2D eigenvalue weighted by Gasteiger charge is 1.95. The third-order valence-electron chi connectivity index (χ3n) is 2.29. The second-order valence-electron chi connectivity index (χ2n) is 3.94. The van der Waals surface area contributed by atoms with Gasteiger partial charge in [-0.3, -0.25) is 4.79 Å². The molecule has 0 aliphatic rings. The van der Waals surface area contributed by atoms with Gasteiger partial charge in [-0.25, -0.2) is 0 Å². The third kappa shape index (κ3) is 9.26. The molecule has 15 heavy (non-hydrogen) atoms. The number of carbonyl (C=O) groups excluding carboxylic acids is 1. The summed E-state index contributed by atoms with van der Waals surface area (Å²) in [7, 11) is 1.68. The molecule has 0 aromatic rings. The number of allylic oxidation sites excluding steroid dienone is 4. The molecule has 0 heterocycles. The van der Waals surface area contributed by atoms with Crippen LogP contribution < -0.4 is 0 Å². The van der Waals surface area contributed by atoms with Gasteiger partial charge in [0.1, 0.15) is 0 Å². The maximum atomic E-state index is 10.5. The Balaban J connectivity index is 0. The lowest BCUT2D eigenvalue weighted by atomic mass is 10.1. The first-order valence-corrected chi connectivity index (χ1v) is 5.07. The SMILES string of the molecule is CC(=O)C(C)=C(C)C.COC(C)=C(C)C. The van der Waals surface area contributed by atoms with Crippen LogP contribution in [0.15, 0.2) is 22.5 Å². The van der Waals surface area contributed by atoms with E-state index >= 15 is 0 Å². The molecule has 0 aromatic heterocycles. The van der Waals surface area contributed by atoms with Gasteiger partial charge >= 0.3 is 0 Å². The summed E-state index contributed by atoms with van der Waals surface area (Å²) in [6.07, 6.45) is 0. The molecule has 2 heteroatoms. The van der Waals surface area contributed by atoms with Gasteiger partial charge in [-0.15, -0.1) is 0 Å². The number of hydrogen-bond acceptors (Lipinski definition) is 2. The lowest BCUT2D eigenvalue weighted by Gasteiger charge is -1.98. The van der Waals surface area contributed by atoms with E-state index in [0.29, 0.717) is 0 Å². The van der Waals surface area contributed by atoms with Crippen molar-refractivity contribution >= 4 is 5.78 Å². The zero-order valence-corrected chi connectivity index (χ0v) is 11.3. The van der Waals surface area contributed by atoms with Crippen LogP contribution in [0.1, 0.15) is 48.5 Å². The van der Waals surface area contributed by atoms with Gasteiger partial charge in [0.2, 0.25) is 0 Å². The molecule has 0 atom stereocenters. The van der Waals surface area contributed by atoms with E-state index in [-0.39, 0.29) is 5.78 Å². The van der Waals surface area contributed by atoms with E-state index in [1.54, 1.807) is 14.0 Å². The molecule has 0 aliphatic heterocycles. The zero-order valence-electron chi connectivity index (χ0n) is 11.3. The molecule has 0 saturated carbocycles. The van der Waals surface area contributed by atoms with Crippen LogP contribution in [-0.2, 0) is 9.53 Å². The van der Waals surface area contributed by atoms with E-state index in [0.717, 1.165) is 16.9 Å². The number of carbonyl (C=O) groups is 1. The lowest BCUT2D eigenvalue weighted by molar-refractivity contribution is -0.113. The molecule has 0 bridgehead atoms. The quantitative estimate of drug-likeness (QED) is 0.513. The summed E-state index contributed by atoms with van der Waals surface area (Å²) >= 11 is 0. The first-order chi connectivity index (χ1) is 6.73. The summed E-state index contributed by atoms with van der Waals surface area (Å²) in [4.78, 5) is 10.5. The second-order valence-corrected chi connectivity index (χ2v) is 3.94. The molecule has 88 valence electrons. The summed E-state index contributed by atoms with van der Waals surface area (Å²) in [5, 5.41) is 0. The molecule has 0 N–H and O–H groups in total. The molecular formula is C13H24O2. The van der Waals surface area contributed by atoms with Crippen molar-refractivity contribution in [3.63, 3.8) is 0 Å². The highest BCUT2D eigenvalue weighted by molar-refractivity contribution is 5.93. The Morgan fingerprint density at radius 1 is 0.800 bits per heavy atom. The van der Waals surface area contributed by atoms with Crippen LogP contribution in [0.2, 0.25) is 0 Å². The fourth-order valence-corrected chi connectivity index (χ4v) is 0.556. The Bertz CT molecular complexity index is 262. The van der Waals surface area contributed by atoms with Crippen molar-refractivity contribution in [2.45, 2.75) is 48.5 Å². The highest BCUT2D eigenvalue weighted by Crippen LogP contribution is 2.01. The minimum atomic E-state index is 0.171. The summed E-state index contributed by atoms with van der Waals surface area (Å²) in [5.41, 5.74) is 3.23. The molecule has 0 saturated heterocycles. The van der Waals surface area contributed by atoms with Crippen molar-refractivity contribution in [2.24, 2.45) is 0 Å². The first kappa shape index (κ1) is 16.4. The zero-order chi connectivity index (χ0) is 12.6. The molecule has 0 aromatic carbocycles. The van der Waals surface area contributed by atoms with Crippen molar-refractivity contribution in [3.05, 3.63) is 22.5 Å². The van der Waals surface area contributed by atoms with Gasteiger partial charge in [-0.1, -0.05) is 5.57 Å². The molecule has 0 aliphatic carbocycles. The maximum absolute atomic E-state index is 10.5. The largest absolute Gasteiger partial charge is 0.501 e. The molecule has 0 rings (SSSR count). The van der Waals surface area contributed by atoms with Crippen LogP contribution in [-0.4, -0.2) is 12.9 Å². The molecule has 0 radical (unpaired) electrons. The van der Waals surface area contributed by atoms with Crippen molar-refractivity contribution in [1.82, 2.24) is 0 Å². The first-order valence-electron chi connectivity index (χ1n) is 5.07. The number of rotatable bonds is 2. The van der Waals surface area contributed by atoms with Gasteiger partial charge in [0.05, 0.1) is 12.9 Å². The van der Waals surface area contributed by atoms with E-state index in [9.17, 15) is 4.79 Å². The average Bonchev–Trinajstić information content (AvgIpc) is 2.15. The number of Topliss-reactive ketones (excluding diaryl/α,β-unsaturated/α-hetero) is 1. The van der Waals surface area contributed by atoms with Crippen molar-refractivity contribution in [2.75, 3.05) is 7.11 Å². The van der Waals surface area contributed by atoms with Crippen LogP contribution in [0.5, 0.6) is 0 Å². The van der Waals surface area contributed by atoms with Gasteiger partial charge < -0.3 is 4.74 Å². The third-order valence-corrected chi connectivity index (χ3v) is 2.29. The topological polar surface area (TPSA) is 26.3 Å². The van der Waals surface area contributed by atoms with Crippen LogP contribution in [0.3, 0.4) is 0 Å². The Morgan fingerprint density at radius 3 is 1.20 bits per heavy atom.